The molecule has 4 N–H and O–H groups in total. The van der Waals surface area contributed by atoms with E-state index in [-0.39, 0.29) is 58.0 Å². The average molecular weight is 616 g/mol. The molecule has 1 saturated carbocycles. The number of thiazole rings is 1. The molecule has 5 rings (SSSR count). The maximum Gasteiger partial charge on any atom is 0.416 e. The van der Waals surface area contributed by atoms with Crippen LogP contribution in [0.1, 0.15) is 42.7 Å². The molecule has 9 nitrogen and oxygen atoms in total. The quantitative estimate of drug-likeness (QED) is 0.295. The number of carboxylic acids is 1. The third kappa shape index (κ3) is 5.63. The molecule has 1 unspecified atom stereocenters. The number of alkyl halides is 3. The molecule has 15 heteroatoms. The Morgan fingerprint density at radius 1 is 1.15 bits per heavy atom. The maximum atomic E-state index is 12.7. The van der Waals surface area contributed by atoms with Crippen LogP contribution in [0.5, 0.6) is 0 Å². The number of piperidine rings is 1. The van der Waals surface area contributed by atoms with Gasteiger partial charge in [0.2, 0.25) is 5.91 Å². The minimum absolute atomic E-state index is 0.0154. The summed E-state index contributed by atoms with van der Waals surface area (Å²) >= 11 is 13.2. The zero-order chi connectivity index (χ0) is 28.9. The van der Waals surface area contributed by atoms with Crippen molar-refractivity contribution in [3.8, 4) is 0 Å². The van der Waals surface area contributed by atoms with E-state index in [1.807, 2.05) is 4.90 Å². The number of anilines is 1. The lowest BCUT2D eigenvalue weighted by molar-refractivity contribution is -0.137. The fourth-order valence-corrected chi connectivity index (χ4v) is 6.19. The zero-order valence-corrected chi connectivity index (χ0v) is 23.1. The summed E-state index contributed by atoms with van der Waals surface area (Å²) in [5.74, 6) is -1.76. The van der Waals surface area contributed by atoms with Crippen LogP contribution < -0.4 is 15.5 Å². The molecule has 1 aromatic carbocycles. The summed E-state index contributed by atoms with van der Waals surface area (Å²) in [5.41, 5.74) is 0.589. The van der Waals surface area contributed by atoms with E-state index in [2.05, 4.69) is 20.6 Å². The Bertz CT molecular complexity index is 1480. The fraction of sp³-hybridized carbons (Fsp3) is 0.360. The van der Waals surface area contributed by atoms with Crippen LogP contribution in [0.3, 0.4) is 0 Å². The first-order valence-corrected chi connectivity index (χ1v) is 13.7. The molecule has 0 spiro atoms. The van der Waals surface area contributed by atoms with Gasteiger partial charge in [-0.05, 0) is 24.6 Å². The van der Waals surface area contributed by atoms with E-state index in [1.165, 1.54) is 12.1 Å². The highest BCUT2D eigenvalue weighted by molar-refractivity contribution is 7.17. The van der Waals surface area contributed by atoms with Crippen molar-refractivity contribution in [1.29, 1.82) is 0 Å². The Morgan fingerprint density at radius 2 is 1.80 bits per heavy atom. The molecule has 1 saturated heterocycles. The molecular formula is C25H22Cl2F3N5O4S. The Labute approximate surface area is 239 Å². The minimum Gasteiger partial charge on any atom is -0.477 e. The Hall–Kier alpha value is -3.29. The number of H-pyrrole nitrogens is 1. The number of benzene rings is 1. The average Bonchev–Trinajstić information content (AvgIpc) is 3.25. The summed E-state index contributed by atoms with van der Waals surface area (Å²) in [6.45, 7) is 2.81. The number of carbonyl (C=O) groups excluding carboxylic acids is 2. The lowest BCUT2D eigenvalue weighted by Gasteiger charge is -2.19. The number of rotatable bonds is 8. The molecule has 40 heavy (non-hydrogen) atoms. The number of nitrogens with one attached hydrogen (secondary N) is 3. The summed E-state index contributed by atoms with van der Waals surface area (Å²) in [6, 6.07) is 4.34. The van der Waals surface area contributed by atoms with Crippen LogP contribution in [0, 0.1) is 18.8 Å². The van der Waals surface area contributed by atoms with Gasteiger partial charge in [-0.2, -0.15) is 13.2 Å². The first kappa shape index (κ1) is 28.2. The van der Waals surface area contributed by atoms with Crippen molar-refractivity contribution in [3.05, 3.63) is 67.4 Å². The topological polar surface area (TPSA) is 127 Å². The van der Waals surface area contributed by atoms with Crippen molar-refractivity contribution in [2.75, 3.05) is 18.0 Å². The normalized spacial score (nSPS) is 19.9. The number of fused-ring (bicyclic) bond motifs is 1. The van der Waals surface area contributed by atoms with Gasteiger partial charge in [0.1, 0.15) is 10.6 Å². The van der Waals surface area contributed by atoms with Crippen LogP contribution in [0.25, 0.3) is 0 Å². The molecule has 1 aliphatic heterocycles. The minimum atomic E-state index is -4.45. The number of aromatic nitrogens is 2. The summed E-state index contributed by atoms with van der Waals surface area (Å²) in [7, 11) is 0. The largest absolute Gasteiger partial charge is 0.477 e. The molecule has 0 radical (unpaired) electrons. The van der Waals surface area contributed by atoms with Crippen LogP contribution in [0.4, 0.5) is 18.3 Å². The summed E-state index contributed by atoms with van der Waals surface area (Å²) in [6.07, 6.45) is -4.75. The number of aromatic amines is 1. The van der Waals surface area contributed by atoms with Crippen molar-refractivity contribution in [2.24, 2.45) is 11.8 Å². The number of carbonyl (C=O) groups is 3. The van der Waals surface area contributed by atoms with Gasteiger partial charge >= 0.3 is 12.1 Å². The molecule has 3 atom stereocenters. The van der Waals surface area contributed by atoms with Gasteiger partial charge in [-0.25, -0.2) is 9.78 Å². The second-order valence-electron chi connectivity index (χ2n) is 9.71. The van der Waals surface area contributed by atoms with Crippen molar-refractivity contribution < 1.29 is 32.7 Å². The molecule has 2 aliphatic rings. The van der Waals surface area contributed by atoms with E-state index in [0.717, 1.165) is 23.5 Å². The SMILES string of the molecule is Cc1[nH]c(C(=O)NC2[C@H]3CN(c4nc(CC(=O)NCc5ccc(C(F)(F)F)cc5)c(C(=O)O)s4)C[C@@H]23)c(Cl)c1Cl. The van der Waals surface area contributed by atoms with E-state index < -0.39 is 23.6 Å². The molecule has 3 aromatic rings. The standard InChI is InChI=1S/C25H22Cl2F3N5O4S/c1-10-17(26)18(27)20(32-10)22(37)34-19-13-8-35(9-14(13)19)24-33-15(21(40-24)23(38)39)6-16(36)31-7-11-2-4-12(5-3-11)25(28,29)30/h2-5,13-14,19,32H,6-9H2,1H3,(H,31,36)(H,34,37)(H,38,39)/t13-,14+,19?. The van der Waals surface area contributed by atoms with Gasteiger partial charge in [-0.15, -0.1) is 0 Å². The lowest BCUT2D eigenvalue weighted by Crippen LogP contribution is -2.35. The van der Waals surface area contributed by atoms with E-state index in [9.17, 15) is 32.7 Å². The fourth-order valence-electron chi connectivity index (χ4n) is 4.84. The number of hydrogen-bond donors (Lipinski definition) is 4. The smallest absolute Gasteiger partial charge is 0.416 e. The van der Waals surface area contributed by atoms with Gasteiger partial charge in [0, 0.05) is 43.2 Å². The third-order valence-electron chi connectivity index (χ3n) is 7.02. The highest BCUT2D eigenvalue weighted by Crippen LogP contribution is 2.48. The van der Waals surface area contributed by atoms with Crippen LogP contribution >= 0.6 is 34.5 Å². The first-order chi connectivity index (χ1) is 18.8. The summed E-state index contributed by atoms with van der Waals surface area (Å²) < 4.78 is 38.2. The van der Waals surface area contributed by atoms with Gasteiger partial charge in [0.15, 0.2) is 5.13 Å². The van der Waals surface area contributed by atoms with E-state index in [4.69, 9.17) is 23.2 Å². The molecule has 2 fully saturated rings. The van der Waals surface area contributed by atoms with Crippen molar-refractivity contribution in [2.45, 2.75) is 32.1 Å². The van der Waals surface area contributed by atoms with Crippen molar-refractivity contribution in [1.82, 2.24) is 20.6 Å². The number of halogens is 5. The van der Waals surface area contributed by atoms with Crippen LogP contribution in [-0.4, -0.2) is 52.0 Å². The number of aryl methyl sites for hydroxylation is 1. The lowest BCUT2D eigenvalue weighted by atomic mass is 10.1. The second-order valence-corrected chi connectivity index (χ2v) is 11.4. The molecular weight excluding hydrogens is 594 g/mol. The molecule has 3 heterocycles. The third-order valence-corrected chi connectivity index (χ3v) is 9.12. The van der Waals surface area contributed by atoms with E-state index in [0.29, 0.717) is 34.5 Å². The Morgan fingerprint density at radius 3 is 2.35 bits per heavy atom. The van der Waals surface area contributed by atoms with Gasteiger partial charge in [-0.1, -0.05) is 46.7 Å². The predicted molar refractivity (Wildman–Crippen MR) is 142 cm³/mol. The van der Waals surface area contributed by atoms with E-state index in [1.54, 1.807) is 6.92 Å². The van der Waals surface area contributed by atoms with Gasteiger partial charge < -0.3 is 25.6 Å². The predicted octanol–water partition coefficient (Wildman–Crippen LogP) is 4.53. The molecule has 2 aromatic heterocycles. The monoisotopic (exact) mass is 615 g/mol. The summed E-state index contributed by atoms with van der Waals surface area (Å²) in [5, 5.41) is 16.1. The number of hydrogen-bond acceptors (Lipinski definition) is 6. The second kappa shape index (κ2) is 10.6. The number of amides is 2. The number of nitrogens with zero attached hydrogens (tertiary/aromatic N) is 2. The Kier molecular flexibility index (Phi) is 7.48. The molecule has 0 bridgehead atoms. The highest BCUT2D eigenvalue weighted by atomic mass is 35.5. The van der Waals surface area contributed by atoms with Gasteiger partial charge in [0.25, 0.3) is 5.91 Å². The van der Waals surface area contributed by atoms with Gasteiger partial charge in [0.05, 0.1) is 27.7 Å². The molecule has 1 aliphatic carbocycles. The number of carboxylic acid groups (broad SMARTS) is 1. The molecule has 2 amide bonds. The van der Waals surface area contributed by atoms with Gasteiger partial charge in [-0.3, -0.25) is 9.59 Å². The van der Waals surface area contributed by atoms with Crippen molar-refractivity contribution >= 4 is 57.5 Å². The summed E-state index contributed by atoms with van der Waals surface area (Å²) in [4.78, 5) is 46.1. The zero-order valence-electron chi connectivity index (χ0n) is 20.7. The van der Waals surface area contributed by atoms with Crippen molar-refractivity contribution in [3.63, 3.8) is 0 Å². The first-order valence-electron chi connectivity index (χ1n) is 12.1. The number of aromatic carboxylic acids is 1. The highest BCUT2D eigenvalue weighted by Gasteiger charge is 2.57. The van der Waals surface area contributed by atoms with Crippen LogP contribution in [-0.2, 0) is 23.9 Å². The van der Waals surface area contributed by atoms with Crippen LogP contribution in [0.15, 0.2) is 24.3 Å². The molecule has 212 valence electrons. The van der Waals surface area contributed by atoms with Crippen LogP contribution in [0.2, 0.25) is 10.0 Å². The maximum absolute atomic E-state index is 12.7. The Balaban J connectivity index is 1.16. The van der Waals surface area contributed by atoms with E-state index >= 15 is 0 Å².